The summed E-state index contributed by atoms with van der Waals surface area (Å²) in [6.07, 6.45) is 5.22. The van der Waals surface area contributed by atoms with Crippen LogP contribution in [0.1, 0.15) is 35.2 Å². The maximum Gasteiger partial charge on any atom is 0.0545 e. The predicted molar refractivity (Wildman–Crippen MR) is 83.2 cm³/mol. The third kappa shape index (κ3) is 4.40. The van der Waals surface area contributed by atoms with Crippen LogP contribution in [0.3, 0.4) is 0 Å². The molecule has 1 aromatic carbocycles. The minimum atomic E-state index is 0.400. The van der Waals surface area contributed by atoms with Gasteiger partial charge in [-0.1, -0.05) is 23.6 Å². The van der Waals surface area contributed by atoms with E-state index in [2.05, 4.69) is 51.1 Å². The van der Waals surface area contributed by atoms with Gasteiger partial charge in [0.25, 0.3) is 0 Å². The molecule has 98 valence electrons. The average Bonchev–Trinajstić information content (AvgIpc) is 2.27. The Bertz CT molecular complexity index is 408. The van der Waals surface area contributed by atoms with Crippen molar-refractivity contribution < 1.29 is 0 Å². The molecule has 1 nitrogen and oxygen atoms in total. The summed E-state index contributed by atoms with van der Waals surface area (Å²) in [5.74, 6) is 4.52. The van der Waals surface area contributed by atoms with Crippen LogP contribution in [0.15, 0.2) is 12.1 Å². The highest BCUT2D eigenvalue weighted by Crippen LogP contribution is 2.23. The number of aryl methyl sites for hydroxylation is 3. The largest absolute Gasteiger partial charge is 0.309 e. The first kappa shape index (κ1) is 15.1. The molecule has 1 unspecified atom stereocenters. The fraction of sp³-hybridized carbons (Fsp3) is 0.500. The van der Waals surface area contributed by atoms with Crippen molar-refractivity contribution in [1.29, 1.82) is 0 Å². The van der Waals surface area contributed by atoms with Crippen LogP contribution in [0, 0.1) is 33.1 Å². The van der Waals surface area contributed by atoms with Gasteiger partial charge in [-0.15, -0.1) is 18.2 Å². The van der Waals surface area contributed by atoms with E-state index in [-0.39, 0.29) is 0 Å². The number of hydrogen-bond donors (Lipinski definition) is 1. The molecule has 2 heteroatoms. The SMILES string of the molecule is C#CCSCCNC(C)c1c(C)cc(C)cc1C. The molecule has 0 fully saturated rings. The van der Waals surface area contributed by atoms with Gasteiger partial charge in [0, 0.05) is 18.3 Å². The highest BCUT2D eigenvalue weighted by atomic mass is 32.2. The molecule has 1 rings (SSSR count). The van der Waals surface area contributed by atoms with Crippen LogP contribution in [0.4, 0.5) is 0 Å². The molecule has 0 spiro atoms. The monoisotopic (exact) mass is 261 g/mol. The molecule has 0 amide bonds. The second-order valence-electron chi connectivity index (χ2n) is 4.74. The van der Waals surface area contributed by atoms with Crippen LogP contribution in [0.5, 0.6) is 0 Å². The number of thioether (sulfide) groups is 1. The molecule has 1 aromatic rings. The molecule has 0 radical (unpaired) electrons. The Morgan fingerprint density at radius 1 is 1.28 bits per heavy atom. The minimum Gasteiger partial charge on any atom is -0.309 e. The molecule has 0 aliphatic heterocycles. The normalized spacial score (nSPS) is 12.2. The lowest BCUT2D eigenvalue weighted by atomic mass is 9.95. The van der Waals surface area contributed by atoms with E-state index in [0.29, 0.717) is 6.04 Å². The first-order valence-electron chi connectivity index (χ1n) is 6.38. The zero-order chi connectivity index (χ0) is 13.5. The quantitative estimate of drug-likeness (QED) is 0.620. The van der Waals surface area contributed by atoms with Gasteiger partial charge in [0.1, 0.15) is 0 Å². The van der Waals surface area contributed by atoms with E-state index >= 15 is 0 Å². The first-order chi connectivity index (χ1) is 8.56. The van der Waals surface area contributed by atoms with Gasteiger partial charge in [0.15, 0.2) is 0 Å². The van der Waals surface area contributed by atoms with Gasteiger partial charge in [-0.05, 0) is 44.4 Å². The summed E-state index contributed by atoms with van der Waals surface area (Å²) in [6, 6.07) is 4.92. The van der Waals surface area contributed by atoms with Crippen molar-refractivity contribution in [3.05, 3.63) is 34.4 Å². The Morgan fingerprint density at radius 3 is 2.44 bits per heavy atom. The smallest absolute Gasteiger partial charge is 0.0545 e. The van der Waals surface area contributed by atoms with E-state index in [9.17, 15) is 0 Å². The van der Waals surface area contributed by atoms with Crippen LogP contribution in [-0.2, 0) is 0 Å². The third-order valence-electron chi connectivity index (χ3n) is 3.05. The summed E-state index contributed by atoms with van der Waals surface area (Å²) in [4.78, 5) is 0. The second-order valence-corrected chi connectivity index (χ2v) is 5.85. The lowest BCUT2D eigenvalue weighted by Gasteiger charge is -2.19. The van der Waals surface area contributed by atoms with Crippen molar-refractivity contribution in [2.45, 2.75) is 33.7 Å². The lowest BCUT2D eigenvalue weighted by Crippen LogP contribution is -2.23. The summed E-state index contributed by atoms with van der Waals surface area (Å²) in [7, 11) is 0. The number of terminal acetylenes is 1. The van der Waals surface area contributed by atoms with Crippen molar-refractivity contribution in [2.75, 3.05) is 18.1 Å². The highest BCUT2D eigenvalue weighted by molar-refractivity contribution is 7.99. The molecule has 1 atom stereocenters. The van der Waals surface area contributed by atoms with Crippen LogP contribution < -0.4 is 5.32 Å². The standard InChI is InChI=1S/C16H23NS/c1-6-8-18-9-7-17-15(5)16-13(3)10-12(2)11-14(16)4/h1,10-11,15,17H,7-9H2,2-5H3. The average molecular weight is 261 g/mol. The number of hydrogen-bond acceptors (Lipinski definition) is 2. The molecule has 0 heterocycles. The molecule has 0 saturated heterocycles. The van der Waals surface area contributed by atoms with Crippen molar-refractivity contribution in [3.8, 4) is 12.3 Å². The molecular weight excluding hydrogens is 238 g/mol. The van der Waals surface area contributed by atoms with E-state index in [1.807, 2.05) is 0 Å². The Labute approximate surface area is 116 Å². The van der Waals surface area contributed by atoms with Crippen molar-refractivity contribution in [1.82, 2.24) is 5.32 Å². The van der Waals surface area contributed by atoms with Gasteiger partial charge in [0.05, 0.1) is 5.75 Å². The molecule has 1 N–H and O–H groups in total. The van der Waals surface area contributed by atoms with Crippen LogP contribution in [-0.4, -0.2) is 18.1 Å². The number of rotatable bonds is 6. The lowest BCUT2D eigenvalue weighted by molar-refractivity contribution is 0.595. The number of benzene rings is 1. The Hall–Kier alpha value is -0.910. The number of nitrogens with one attached hydrogen (secondary N) is 1. The van der Waals surface area contributed by atoms with Crippen LogP contribution >= 0.6 is 11.8 Å². The van der Waals surface area contributed by atoms with Gasteiger partial charge >= 0.3 is 0 Å². The predicted octanol–water partition coefficient (Wildman–Crippen LogP) is 3.63. The van der Waals surface area contributed by atoms with Crippen LogP contribution in [0.25, 0.3) is 0 Å². The third-order valence-corrected chi connectivity index (χ3v) is 3.92. The molecule has 0 aliphatic carbocycles. The summed E-state index contributed by atoms with van der Waals surface area (Å²) < 4.78 is 0. The topological polar surface area (TPSA) is 12.0 Å². The molecule has 0 bridgehead atoms. The first-order valence-corrected chi connectivity index (χ1v) is 7.54. The summed E-state index contributed by atoms with van der Waals surface area (Å²) in [6.45, 7) is 9.77. The minimum absolute atomic E-state index is 0.400. The zero-order valence-corrected chi connectivity index (χ0v) is 12.7. The summed E-state index contributed by atoms with van der Waals surface area (Å²) >= 11 is 1.80. The second kappa shape index (κ2) is 7.51. The zero-order valence-electron chi connectivity index (χ0n) is 11.8. The summed E-state index contributed by atoms with van der Waals surface area (Å²) in [5, 5.41) is 3.57. The van der Waals surface area contributed by atoms with E-state index in [0.717, 1.165) is 18.1 Å². The molecule has 0 aromatic heterocycles. The maximum atomic E-state index is 5.22. The van der Waals surface area contributed by atoms with Gasteiger partial charge in [0.2, 0.25) is 0 Å². The van der Waals surface area contributed by atoms with Gasteiger partial charge in [-0.25, -0.2) is 0 Å². The molecular formula is C16H23NS. The molecule has 18 heavy (non-hydrogen) atoms. The van der Waals surface area contributed by atoms with Gasteiger partial charge in [-0.2, -0.15) is 0 Å². The van der Waals surface area contributed by atoms with Crippen LogP contribution in [0.2, 0.25) is 0 Å². The highest BCUT2D eigenvalue weighted by Gasteiger charge is 2.10. The Balaban J connectivity index is 2.57. The molecule has 0 aliphatic rings. The van der Waals surface area contributed by atoms with E-state index in [1.165, 1.54) is 22.3 Å². The Kier molecular flexibility index (Phi) is 6.32. The fourth-order valence-electron chi connectivity index (χ4n) is 2.45. The maximum absolute atomic E-state index is 5.22. The van der Waals surface area contributed by atoms with Gasteiger partial charge in [-0.3, -0.25) is 0 Å². The molecule has 0 saturated carbocycles. The van der Waals surface area contributed by atoms with E-state index in [1.54, 1.807) is 11.8 Å². The van der Waals surface area contributed by atoms with Crippen molar-refractivity contribution in [2.24, 2.45) is 0 Å². The summed E-state index contributed by atoms with van der Waals surface area (Å²) in [5.41, 5.74) is 5.53. The van der Waals surface area contributed by atoms with Crippen molar-refractivity contribution in [3.63, 3.8) is 0 Å². The van der Waals surface area contributed by atoms with E-state index in [4.69, 9.17) is 6.42 Å². The fourth-order valence-corrected chi connectivity index (χ4v) is 2.98. The Morgan fingerprint density at radius 2 is 1.89 bits per heavy atom. The van der Waals surface area contributed by atoms with Crippen molar-refractivity contribution >= 4 is 11.8 Å². The van der Waals surface area contributed by atoms with E-state index < -0.39 is 0 Å². The van der Waals surface area contributed by atoms with Gasteiger partial charge < -0.3 is 5.32 Å².